The Kier molecular flexibility index (Phi) is 7.20. The van der Waals surface area contributed by atoms with Gasteiger partial charge in [-0.25, -0.2) is 21.8 Å². The van der Waals surface area contributed by atoms with E-state index in [-0.39, 0.29) is 21.5 Å². The van der Waals surface area contributed by atoms with Crippen LogP contribution < -0.4 is 5.32 Å². The number of halogens is 1. The number of phenolic OH excluding ortho intramolecular Hbond substituents is 1. The largest absolute Gasteiger partial charge is 0.507 e. The molecule has 1 fully saturated rings. The van der Waals surface area contributed by atoms with E-state index in [1.165, 1.54) is 28.6 Å². The molecule has 3 heterocycles. The molecular formula is C25H26BrN5O5S2. The Labute approximate surface area is 229 Å². The van der Waals surface area contributed by atoms with E-state index < -0.39 is 19.9 Å². The number of aromatic hydroxyl groups is 1. The third-order valence-electron chi connectivity index (χ3n) is 6.64. The summed E-state index contributed by atoms with van der Waals surface area (Å²) in [7, 11) is -7.11. The van der Waals surface area contributed by atoms with Crippen molar-refractivity contribution in [1.29, 1.82) is 0 Å². The van der Waals surface area contributed by atoms with Crippen LogP contribution in [-0.2, 0) is 19.9 Å². The van der Waals surface area contributed by atoms with Crippen molar-refractivity contribution in [2.45, 2.75) is 22.6 Å². The molecule has 1 saturated heterocycles. The minimum absolute atomic E-state index is 0.0845. The second-order valence-corrected chi connectivity index (χ2v) is 14.1. The highest BCUT2D eigenvalue weighted by Crippen LogP contribution is 2.32. The highest BCUT2D eigenvalue weighted by atomic mass is 79.9. The summed E-state index contributed by atoms with van der Waals surface area (Å²) in [6.07, 6.45) is 4.08. The lowest BCUT2D eigenvalue weighted by molar-refractivity contribution is 0.282. The van der Waals surface area contributed by atoms with E-state index in [1.54, 1.807) is 28.9 Å². The van der Waals surface area contributed by atoms with Crippen LogP contribution in [0, 0.1) is 5.92 Å². The van der Waals surface area contributed by atoms with E-state index >= 15 is 0 Å². The highest BCUT2D eigenvalue weighted by Gasteiger charge is 2.29. The van der Waals surface area contributed by atoms with Gasteiger partial charge in [0.2, 0.25) is 10.0 Å². The Hall–Kier alpha value is -3.00. The second kappa shape index (κ2) is 10.3. The van der Waals surface area contributed by atoms with Crippen molar-refractivity contribution in [3.05, 3.63) is 65.3 Å². The van der Waals surface area contributed by atoms with Crippen LogP contribution in [0.5, 0.6) is 5.75 Å². The van der Waals surface area contributed by atoms with Gasteiger partial charge in [-0.05, 0) is 71.1 Å². The minimum Gasteiger partial charge on any atom is -0.507 e. The fraction of sp³-hybridized carbons (Fsp3) is 0.280. The van der Waals surface area contributed by atoms with Gasteiger partial charge in [0.1, 0.15) is 11.6 Å². The third-order valence-corrected chi connectivity index (χ3v) is 10.2. The predicted octanol–water partition coefficient (Wildman–Crippen LogP) is 3.78. The van der Waals surface area contributed by atoms with Gasteiger partial charge in [-0.1, -0.05) is 12.1 Å². The highest BCUT2D eigenvalue weighted by molar-refractivity contribution is 9.10. The molecule has 38 heavy (non-hydrogen) atoms. The van der Waals surface area contributed by atoms with Crippen LogP contribution in [-0.4, -0.2) is 66.7 Å². The Morgan fingerprint density at radius 1 is 1.03 bits per heavy atom. The van der Waals surface area contributed by atoms with Crippen molar-refractivity contribution in [3.63, 3.8) is 0 Å². The molecule has 0 bridgehead atoms. The van der Waals surface area contributed by atoms with Crippen molar-refractivity contribution in [1.82, 2.24) is 18.9 Å². The van der Waals surface area contributed by atoms with Crippen LogP contribution in [0.2, 0.25) is 0 Å². The minimum atomic E-state index is -3.71. The van der Waals surface area contributed by atoms with Crippen LogP contribution in [0.3, 0.4) is 0 Å². The van der Waals surface area contributed by atoms with E-state index in [2.05, 4.69) is 31.3 Å². The fourth-order valence-electron chi connectivity index (χ4n) is 4.50. The first-order valence-electron chi connectivity index (χ1n) is 11.9. The maximum atomic E-state index is 13.1. The first kappa shape index (κ1) is 26.6. The summed E-state index contributed by atoms with van der Waals surface area (Å²) in [5.74, 6) is 1.07. The Bertz CT molecular complexity index is 1700. The topological polar surface area (TPSA) is 134 Å². The molecule has 1 aliphatic heterocycles. The first-order valence-corrected chi connectivity index (χ1v) is 16.0. The van der Waals surface area contributed by atoms with Crippen LogP contribution >= 0.6 is 15.9 Å². The number of benzene rings is 2. The zero-order valence-electron chi connectivity index (χ0n) is 20.4. The van der Waals surface area contributed by atoms with Crippen molar-refractivity contribution >= 4 is 47.3 Å². The monoisotopic (exact) mass is 619 g/mol. The number of hydrogen-bond acceptors (Lipinski definition) is 8. The maximum absolute atomic E-state index is 13.1. The SMILES string of the molecule is CS(=O)(=O)c1ccc(S(=O)(=O)N2CCC(CNc3cc(-c4ccccc4O)nc4c(Br)cnn34)CC2)cc1. The van der Waals surface area contributed by atoms with Gasteiger partial charge in [0.05, 0.1) is 26.2 Å². The summed E-state index contributed by atoms with van der Waals surface area (Å²) in [5.41, 5.74) is 1.81. The average molecular weight is 621 g/mol. The number of sulfonamides is 1. The summed E-state index contributed by atoms with van der Waals surface area (Å²) in [5, 5.41) is 18.2. The molecule has 1 aliphatic rings. The molecule has 10 nitrogen and oxygen atoms in total. The number of rotatable bonds is 7. The van der Waals surface area contributed by atoms with Crippen LogP contribution in [0.1, 0.15) is 12.8 Å². The number of sulfone groups is 1. The zero-order chi connectivity index (χ0) is 27.1. The smallest absolute Gasteiger partial charge is 0.243 e. The molecule has 4 aromatic rings. The number of phenols is 1. The fourth-order valence-corrected chi connectivity index (χ4v) is 6.95. The van der Waals surface area contributed by atoms with E-state index in [9.17, 15) is 21.9 Å². The maximum Gasteiger partial charge on any atom is 0.243 e. The van der Waals surface area contributed by atoms with Crippen molar-refractivity contribution < 1.29 is 21.9 Å². The summed E-state index contributed by atoms with van der Waals surface area (Å²) >= 11 is 3.48. The summed E-state index contributed by atoms with van der Waals surface area (Å²) in [6.45, 7) is 1.34. The zero-order valence-corrected chi connectivity index (χ0v) is 23.7. The average Bonchev–Trinajstić information content (AvgIpc) is 3.28. The number of hydrogen-bond donors (Lipinski definition) is 2. The van der Waals surface area contributed by atoms with Crippen LogP contribution in [0.25, 0.3) is 16.9 Å². The van der Waals surface area contributed by atoms with Crippen molar-refractivity contribution in [2.24, 2.45) is 5.92 Å². The van der Waals surface area contributed by atoms with Gasteiger partial charge in [-0.2, -0.15) is 13.9 Å². The molecule has 200 valence electrons. The van der Waals surface area contributed by atoms with Crippen molar-refractivity contribution in [2.75, 3.05) is 31.2 Å². The van der Waals surface area contributed by atoms with E-state index in [0.717, 1.165) is 10.7 Å². The lowest BCUT2D eigenvalue weighted by atomic mass is 9.98. The molecule has 2 N–H and O–H groups in total. The molecule has 0 radical (unpaired) electrons. The standard InChI is InChI=1S/C25H26BrN5O5S2/c1-37(33,34)18-6-8-19(9-7-18)38(35,36)30-12-10-17(11-13-30)15-27-24-14-22(20-4-2-3-5-23(20)32)29-25-21(26)16-28-31(24)25/h2-9,14,16-17,27,32H,10-13,15H2,1H3. The molecular weight excluding hydrogens is 594 g/mol. The molecule has 2 aromatic heterocycles. The number of anilines is 1. The van der Waals surface area contributed by atoms with Gasteiger partial charge in [0.25, 0.3) is 0 Å². The van der Waals surface area contributed by atoms with Crippen LogP contribution in [0.4, 0.5) is 5.82 Å². The predicted molar refractivity (Wildman–Crippen MR) is 147 cm³/mol. The van der Waals surface area contributed by atoms with Gasteiger partial charge >= 0.3 is 0 Å². The molecule has 0 saturated carbocycles. The summed E-state index contributed by atoms with van der Waals surface area (Å²) < 4.78 is 53.4. The van der Waals surface area contributed by atoms with Gasteiger partial charge in [0, 0.05) is 37.5 Å². The van der Waals surface area contributed by atoms with E-state index in [1.807, 2.05) is 12.1 Å². The number of nitrogens with one attached hydrogen (secondary N) is 1. The lowest BCUT2D eigenvalue weighted by Gasteiger charge is -2.31. The van der Waals surface area contributed by atoms with Crippen molar-refractivity contribution in [3.8, 4) is 17.0 Å². The second-order valence-electron chi connectivity index (χ2n) is 9.24. The van der Waals surface area contributed by atoms with Gasteiger partial charge in [-0.15, -0.1) is 0 Å². The molecule has 0 unspecified atom stereocenters. The lowest BCUT2D eigenvalue weighted by Crippen LogP contribution is -2.39. The normalized spacial score (nSPS) is 15.6. The first-order chi connectivity index (χ1) is 18.0. The summed E-state index contributed by atoms with van der Waals surface area (Å²) in [4.78, 5) is 4.82. The molecule has 0 aliphatic carbocycles. The Balaban J connectivity index is 1.28. The number of fused-ring (bicyclic) bond motifs is 1. The number of piperidine rings is 1. The Morgan fingerprint density at radius 2 is 1.68 bits per heavy atom. The van der Waals surface area contributed by atoms with Gasteiger partial charge < -0.3 is 10.4 Å². The molecule has 13 heteroatoms. The molecule has 0 spiro atoms. The van der Waals surface area contributed by atoms with E-state index in [0.29, 0.717) is 55.2 Å². The summed E-state index contributed by atoms with van der Waals surface area (Å²) in [6, 6.07) is 14.2. The van der Waals surface area contributed by atoms with E-state index in [4.69, 9.17) is 0 Å². The van der Waals surface area contributed by atoms with Gasteiger partial charge in [0.15, 0.2) is 15.5 Å². The molecule has 2 aromatic carbocycles. The molecule has 0 amide bonds. The van der Waals surface area contributed by atoms with Gasteiger partial charge in [-0.3, -0.25) is 0 Å². The number of nitrogens with zero attached hydrogens (tertiary/aromatic N) is 4. The molecule has 5 rings (SSSR count). The quantitative estimate of drug-likeness (QED) is 0.319. The van der Waals surface area contributed by atoms with Crippen LogP contribution in [0.15, 0.2) is 75.1 Å². The third kappa shape index (κ3) is 5.28. The Morgan fingerprint density at radius 3 is 2.34 bits per heavy atom. The molecule has 0 atom stereocenters. The number of aromatic nitrogens is 3. The number of para-hydroxylation sites is 1.